The van der Waals surface area contributed by atoms with Gasteiger partial charge >= 0.3 is 0 Å². The molecule has 2 aromatic heterocycles. The second-order valence-corrected chi connectivity index (χ2v) is 6.85. The molecule has 150 valence electrons. The Bertz CT molecular complexity index is 1020. The molecule has 7 nitrogen and oxygen atoms in total. The lowest BCUT2D eigenvalue weighted by atomic mass is 10.0. The lowest BCUT2D eigenvalue weighted by molar-refractivity contribution is 0.0845. The smallest absolute Gasteiger partial charge is 0.259 e. The fourth-order valence-corrected chi connectivity index (χ4v) is 3.11. The second-order valence-electron chi connectivity index (χ2n) is 6.85. The van der Waals surface area contributed by atoms with Gasteiger partial charge in [-0.1, -0.05) is 36.4 Å². The van der Waals surface area contributed by atoms with Crippen LogP contribution in [0.5, 0.6) is 0 Å². The third-order valence-electron chi connectivity index (χ3n) is 4.71. The summed E-state index contributed by atoms with van der Waals surface area (Å²) in [5, 5.41) is 13.2. The number of benzene rings is 1. The third-order valence-corrected chi connectivity index (χ3v) is 4.71. The molecule has 2 unspecified atom stereocenters. The maximum Gasteiger partial charge on any atom is 0.259 e. The van der Waals surface area contributed by atoms with Crippen molar-refractivity contribution in [1.82, 2.24) is 14.9 Å². The molecule has 0 aliphatic carbocycles. The number of amides is 1. The van der Waals surface area contributed by atoms with Gasteiger partial charge in [-0.05, 0) is 30.2 Å². The van der Waals surface area contributed by atoms with Crippen LogP contribution in [-0.4, -0.2) is 39.3 Å². The van der Waals surface area contributed by atoms with Gasteiger partial charge in [0.1, 0.15) is 0 Å². The maximum absolute atomic E-state index is 12.9. The summed E-state index contributed by atoms with van der Waals surface area (Å²) in [4.78, 5) is 29.6. The molecule has 0 radical (unpaired) electrons. The van der Waals surface area contributed by atoms with Crippen molar-refractivity contribution in [3.05, 3.63) is 88.5 Å². The van der Waals surface area contributed by atoms with Crippen LogP contribution in [0.15, 0.2) is 71.8 Å². The van der Waals surface area contributed by atoms with Crippen LogP contribution in [0.4, 0.5) is 0 Å². The van der Waals surface area contributed by atoms with Crippen LogP contribution < -0.4 is 16.6 Å². The number of hydrogen-bond donors (Lipinski definition) is 3. The van der Waals surface area contributed by atoms with Crippen molar-refractivity contribution in [3.8, 4) is 11.3 Å². The number of aryl methyl sites for hydroxylation is 1. The van der Waals surface area contributed by atoms with E-state index in [1.165, 1.54) is 16.8 Å². The predicted octanol–water partition coefficient (Wildman–Crippen LogP) is 1.11. The Morgan fingerprint density at radius 1 is 1.21 bits per heavy atom. The SMILES string of the molecule is Cn1cc(C(=O)NC(Cc2ccccc2)C(O)CN)cc(-c2ccccn2)c1=O. The zero-order valence-electron chi connectivity index (χ0n) is 16.2. The average Bonchev–Trinajstić information content (AvgIpc) is 2.75. The van der Waals surface area contributed by atoms with Crippen LogP contribution in [0.25, 0.3) is 11.3 Å². The lowest BCUT2D eigenvalue weighted by Crippen LogP contribution is -2.48. The van der Waals surface area contributed by atoms with Gasteiger partial charge in [0.05, 0.1) is 29.0 Å². The van der Waals surface area contributed by atoms with Crippen molar-refractivity contribution in [2.75, 3.05) is 6.54 Å². The van der Waals surface area contributed by atoms with Crippen molar-refractivity contribution in [3.63, 3.8) is 0 Å². The Kier molecular flexibility index (Phi) is 6.54. The van der Waals surface area contributed by atoms with E-state index in [1.54, 1.807) is 31.4 Å². The van der Waals surface area contributed by atoms with Gasteiger partial charge in [-0.25, -0.2) is 0 Å². The van der Waals surface area contributed by atoms with Crippen LogP contribution in [0.3, 0.4) is 0 Å². The molecule has 0 saturated carbocycles. The standard InChI is InChI=1S/C22H24N4O3/c1-26-14-16(12-17(22(26)29)18-9-5-6-10-24-18)21(28)25-19(20(27)13-23)11-15-7-3-2-4-8-15/h2-10,12,14,19-20,27H,11,13,23H2,1H3,(H,25,28). The second kappa shape index (κ2) is 9.27. The lowest BCUT2D eigenvalue weighted by Gasteiger charge is -2.23. The van der Waals surface area contributed by atoms with Gasteiger partial charge in [-0.3, -0.25) is 14.6 Å². The first-order valence-corrected chi connectivity index (χ1v) is 9.34. The van der Waals surface area contributed by atoms with Crippen molar-refractivity contribution < 1.29 is 9.90 Å². The number of nitrogens with two attached hydrogens (primary N) is 1. The first kappa shape index (κ1) is 20.4. The highest BCUT2D eigenvalue weighted by molar-refractivity contribution is 5.95. The normalized spacial score (nSPS) is 12.9. The maximum atomic E-state index is 12.9. The summed E-state index contributed by atoms with van der Waals surface area (Å²) in [7, 11) is 1.59. The van der Waals surface area contributed by atoms with E-state index in [0.717, 1.165) is 5.56 Å². The molecule has 2 heterocycles. The first-order valence-electron chi connectivity index (χ1n) is 9.34. The van der Waals surface area contributed by atoms with E-state index >= 15 is 0 Å². The van der Waals surface area contributed by atoms with Crippen molar-refractivity contribution in [2.45, 2.75) is 18.6 Å². The van der Waals surface area contributed by atoms with Gasteiger partial charge in [0.15, 0.2) is 0 Å². The van der Waals surface area contributed by atoms with E-state index in [2.05, 4.69) is 10.3 Å². The van der Waals surface area contributed by atoms with Gasteiger partial charge in [-0.15, -0.1) is 0 Å². The Morgan fingerprint density at radius 2 is 1.93 bits per heavy atom. The summed E-state index contributed by atoms with van der Waals surface area (Å²) < 4.78 is 1.35. The number of nitrogens with one attached hydrogen (secondary N) is 1. The number of rotatable bonds is 7. The molecular formula is C22H24N4O3. The molecule has 0 bridgehead atoms. The number of aromatic nitrogens is 2. The zero-order valence-corrected chi connectivity index (χ0v) is 16.2. The van der Waals surface area contributed by atoms with Crippen LogP contribution >= 0.6 is 0 Å². The number of aliphatic hydroxyl groups is 1. The molecule has 2 atom stereocenters. The van der Waals surface area contributed by atoms with E-state index in [9.17, 15) is 14.7 Å². The molecule has 0 aliphatic rings. The summed E-state index contributed by atoms with van der Waals surface area (Å²) >= 11 is 0. The van der Waals surface area contributed by atoms with Crippen LogP contribution in [0.2, 0.25) is 0 Å². The topological polar surface area (TPSA) is 110 Å². The van der Waals surface area contributed by atoms with Gasteiger partial charge in [0.2, 0.25) is 0 Å². The van der Waals surface area contributed by atoms with Gasteiger partial charge < -0.3 is 20.7 Å². The molecule has 0 saturated heterocycles. The van der Waals surface area contributed by atoms with Gasteiger partial charge in [-0.2, -0.15) is 0 Å². The highest BCUT2D eigenvalue weighted by Crippen LogP contribution is 2.14. The minimum absolute atomic E-state index is 0.0181. The molecule has 3 aromatic rings. The van der Waals surface area contributed by atoms with Crippen LogP contribution in [0.1, 0.15) is 15.9 Å². The molecule has 0 spiro atoms. The molecule has 4 N–H and O–H groups in total. The van der Waals surface area contributed by atoms with Gasteiger partial charge in [0, 0.05) is 26.0 Å². The Balaban J connectivity index is 1.88. The zero-order chi connectivity index (χ0) is 20.8. The predicted molar refractivity (Wildman–Crippen MR) is 111 cm³/mol. The van der Waals surface area contributed by atoms with Crippen LogP contribution in [0, 0.1) is 0 Å². The van der Waals surface area contributed by atoms with Crippen LogP contribution in [-0.2, 0) is 13.5 Å². The van der Waals surface area contributed by atoms with Crippen molar-refractivity contribution >= 4 is 5.91 Å². The molecular weight excluding hydrogens is 368 g/mol. The quantitative estimate of drug-likeness (QED) is 0.558. The third kappa shape index (κ3) is 4.96. The van der Waals surface area contributed by atoms with E-state index < -0.39 is 18.1 Å². The number of carbonyl (C=O) groups is 1. The largest absolute Gasteiger partial charge is 0.390 e. The molecule has 1 amide bonds. The van der Waals surface area contributed by atoms with E-state index in [1.807, 2.05) is 30.3 Å². The number of carbonyl (C=O) groups excluding carboxylic acids is 1. The first-order chi connectivity index (χ1) is 14.0. The highest BCUT2D eigenvalue weighted by atomic mass is 16.3. The number of pyridine rings is 2. The summed E-state index contributed by atoms with van der Waals surface area (Å²) in [6.45, 7) is 0.0181. The fourth-order valence-electron chi connectivity index (χ4n) is 3.11. The van der Waals surface area contributed by atoms with E-state index in [4.69, 9.17) is 5.73 Å². The monoisotopic (exact) mass is 392 g/mol. The number of hydrogen-bond acceptors (Lipinski definition) is 5. The minimum atomic E-state index is -0.901. The summed E-state index contributed by atoms with van der Waals surface area (Å²) in [6, 6.07) is 15.8. The molecule has 29 heavy (non-hydrogen) atoms. The summed E-state index contributed by atoms with van der Waals surface area (Å²) in [5.74, 6) is -0.397. The highest BCUT2D eigenvalue weighted by Gasteiger charge is 2.22. The van der Waals surface area contributed by atoms with E-state index in [0.29, 0.717) is 23.2 Å². The Labute approximate surface area is 168 Å². The average molecular weight is 392 g/mol. The van der Waals surface area contributed by atoms with Crippen molar-refractivity contribution in [2.24, 2.45) is 12.8 Å². The molecule has 7 heteroatoms. The number of nitrogens with zero attached hydrogens (tertiary/aromatic N) is 2. The molecule has 0 aliphatic heterocycles. The minimum Gasteiger partial charge on any atom is -0.390 e. The van der Waals surface area contributed by atoms with E-state index in [-0.39, 0.29) is 12.1 Å². The molecule has 3 rings (SSSR count). The molecule has 0 fully saturated rings. The number of aliphatic hydroxyl groups excluding tert-OH is 1. The molecule has 1 aromatic carbocycles. The van der Waals surface area contributed by atoms with Crippen molar-refractivity contribution in [1.29, 1.82) is 0 Å². The Morgan fingerprint density at radius 3 is 2.59 bits per heavy atom. The fraction of sp³-hybridized carbons (Fsp3) is 0.227. The summed E-state index contributed by atoms with van der Waals surface area (Å²) in [5.41, 5.74) is 7.48. The summed E-state index contributed by atoms with van der Waals surface area (Å²) in [6.07, 6.45) is 2.60. The Hall–Kier alpha value is -3.29. The van der Waals surface area contributed by atoms with Gasteiger partial charge in [0.25, 0.3) is 11.5 Å².